The zero-order chi connectivity index (χ0) is 99.4. The van der Waals surface area contributed by atoms with Gasteiger partial charge in [0.1, 0.15) is 182 Å². The van der Waals surface area contributed by atoms with E-state index in [2.05, 4.69) is 33.4 Å². The molecule has 0 aromatic carbocycles. The minimum atomic E-state index is -2.37. The molecule has 780 valence electrons. The van der Waals surface area contributed by atoms with Crippen molar-refractivity contribution in [1.29, 1.82) is 0 Å². The van der Waals surface area contributed by atoms with Crippen LogP contribution in [0.1, 0.15) is 127 Å². The van der Waals surface area contributed by atoms with Gasteiger partial charge in [0, 0.05) is 5.57 Å². The van der Waals surface area contributed by atoms with Crippen molar-refractivity contribution in [1.82, 2.24) is 0 Å². The molecule has 9 heterocycles. The van der Waals surface area contributed by atoms with Gasteiger partial charge in [0.25, 0.3) is 0 Å². The highest BCUT2D eigenvalue weighted by molar-refractivity contribution is 5.88. The Morgan fingerprint density at radius 2 is 0.934 bits per heavy atom. The second-order valence-corrected chi connectivity index (χ2v) is 41.6. The van der Waals surface area contributed by atoms with Crippen LogP contribution in [0.2, 0.25) is 0 Å². The van der Waals surface area contributed by atoms with Gasteiger partial charge in [-0.15, -0.1) is 6.58 Å². The van der Waals surface area contributed by atoms with Crippen LogP contribution in [-0.2, 0) is 99.6 Å². The predicted molar refractivity (Wildman–Crippen MR) is 446 cm³/mol. The minimum absolute atomic E-state index is 0.0306. The number of ether oxygens (including phenoxy) is 19. The summed E-state index contributed by atoms with van der Waals surface area (Å²) in [5.74, 6) is -3.80. The lowest BCUT2D eigenvalue weighted by Gasteiger charge is -2.72. The first kappa shape index (κ1) is 108. The number of rotatable bonds is 28. The van der Waals surface area contributed by atoms with Crippen molar-refractivity contribution in [3.8, 4) is 0 Å². The van der Waals surface area contributed by atoms with Gasteiger partial charge in [0.15, 0.2) is 62.5 Å². The van der Waals surface area contributed by atoms with Crippen molar-refractivity contribution >= 4 is 11.9 Å². The largest absolute Gasteiger partial charge is 0.453 e. The van der Waals surface area contributed by atoms with E-state index in [1.807, 2.05) is 27.7 Å². The Bertz CT molecular complexity index is 4060. The molecular formula is C89H142O47. The maximum Gasteiger partial charge on any atom is 0.333 e. The molecule has 26 N–H and O–H groups in total. The summed E-state index contributed by atoms with van der Waals surface area (Å²) in [5, 5.41) is 289. The van der Waals surface area contributed by atoms with E-state index in [1.54, 1.807) is 0 Å². The molecule has 9 saturated heterocycles. The SMILES string of the molecule is C=CC(C)(CC/C=C(\C)C(=O)O[C@@H]1[C@@H](O)[C@H](COC2OC(CO)C(O)C(O)C2O)O[C@H](OC(=O)[C@@]23CC(O)C(C)(C)CC2C2=CCC4[C@]5(C)CC[C@@H](O[C@H]6O[C@@H](CO[C@H]7OC[C@@H](O)[C@@H](O)[C@@H]7O[C@H]7OC[C@H](O)[C@@H](O)[C@@H]7O)[C@H](O)[C@@H](O)[C@@H]6O)C(C)(C)C5CC[C@]4(C)[C@@]2(C)CC3O)[C@H]1OC1OCC(O[C@H]2OC[C@H](O)[C@@H](OC3OC[C@H](O)[C@@H](O)[C@@H]3O)[C@@H]2O)C(O)C1O)OC1OC(CO)C(O)C(O)C1O. The zero-order valence-electron chi connectivity index (χ0n) is 77.1. The number of aliphatic hydroxyl groups excluding tert-OH is 26. The number of hydrogen-bond donors (Lipinski definition) is 26. The first-order valence-electron chi connectivity index (χ1n) is 46.7. The van der Waals surface area contributed by atoms with E-state index in [4.69, 9.17) is 90.0 Å². The minimum Gasteiger partial charge on any atom is -0.453 e. The van der Waals surface area contributed by atoms with E-state index in [0.717, 1.165) is 5.57 Å². The van der Waals surface area contributed by atoms with Gasteiger partial charge in [0.2, 0.25) is 6.29 Å². The topological polar surface area (TPSA) is 735 Å². The highest BCUT2D eigenvalue weighted by Gasteiger charge is 2.74. The molecular weight excluding hydrogens is 1820 g/mol. The molecule has 136 heavy (non-hydrogen) atoms. The molecule has 13 fully saturated rings. The molecule has 21 unspecified atom stereocenters. The molecule has 14 rings (SSSR count). The number of carbonyl (C=O) groups is 2. The van der Waals surface area contributed by atoms with Crippen LogP contribution in [-0.4, -0.2) is 474 Å². The molecule has 0 amide bonds. The van der Waals surface area contributed by atoms with E-state index in [-0.39, 0.29) is 43.1 Å². The second kappa shape index (κ2) is 42.5. The Balaban J connectivity index is 0.744. The number of carbonyl (C=O) groups excluding carboxylic acids is 2. The second-order valence-electron chi connectivity index (χ2n) is 41.6. The number of fused-ring (bicyclic) bond motifs is 7. The monoisotopic (exact) mass is 1960 g/mol. The van der Waals surface area contributed by atoms with Gasteiger partial charge in [-0.25, -0.2) is 4.79 Å². The molecule has 0 spiro atoms. The average molecular weight is 1960 g/mol. The Morgan fingerprint density at radius 3 is 1.53 bits per heavy atom. The van der Waals surface area contributed by atoms with E-state index in [1.165, 1.54) is 26.0 Å². The van der Waals surface area contributed by atoms with Gasteiger partial charge in [-0.1, -0.05) is 72.3 Å². The van der Waals surface area contributed by atoms with Gasteiger partial charge in [-0.05, 0) is 123 Å². The number of hydrogen-bond acceptors (Lipinski definition) is 47. The average Bonchev–Trinajstić information content (AvgIpc) is 0.667. The lowest BCUT2D eigenvalue weighted by molar-refractivity contribution is -0.372. The third-order valence-electron chi connectivity index (χ3n) is 32.4. The summed E-state index contributed by atoms with van der Waals surface area (Å²) in [6, 6.07) is 0. The molecule has 51 atom stereocenters. The first-order valence-corrected chi connectivity index (χ1v) is 46.7. The number of aliphatic hydroxyl groups is 26. The molecule has 0 radical (unpaired) electrons. The fraction of sp³-hybridized carbons (Fsp3) is 0.910. The highest BCUT2D eigenvalue weighted by Crippen LogP contribution is 2.76. The van der Waals surface area contributed by atoms with E-state index in [9.17, 15) is 133 Å². The van der Waals surface area contributed by atoms with Crippen LogP contribution in [0.15, 0.2) is 36.0 Å². The predicted octanol–water partition coefficient (Wildman–Crippen LogP) is -9.56. The number of esters is 2. The fourth-order valence-corrected chi connectivity index (χ4v) is 23.5. The summed E-state index contributed by atoms with van der Waals surface area (Å²) in [4.78, 5) is 31.8. The summed E-state index contributed by atoms with van der Waals surface area (Å²) in [5.41, 5.74) is -7.03. The van der Waals surface area contributed by atoms with Crippen LogP contribution < -0.4 is 0 Å². The summed E-state index contributed by atoms with van der Waals surface area (Å²) < 4.78 is 114. The summed E-state index contributed by atoms with van der Waals surface area (Å²) in [7, 11) is 0. The van der Waals surface area contributed by atoms with Gasteiger partial charge >= 0.3 is 11.9 Å². The van der Waals surface area contributed by atoms with Gasteiger partial charge in [-0.3, -0.25) is 4.79 Å². The maximum absolute atomic E-state index is 16.7. The van der Waals surface area contributed by atoms with Gasteiger partial charge in [0.05, 0.1) is 83.4 Å². The van der Waals surface area contributed by atoms with E-state index in [0.29, 0.717) is 32.1 Å². The lowest BCUT2D eigenvalue weighted by Crippen LogP contribution is -2.69. The standard InChI is InChI=1S/C89H142O47/c1-11-85(7,136-79-66(114)59(107)54(102)41(25-91)126-79)18-12-13-33(2)72(116)131-69-57(105)44(32-122-73-64(112)58(106)53(101)40(24-90)125-73)129-81(71(69)134-76-63(111)56(104)43(30-123-76)127-77-67(115)68(39(95)29-120-77)132-74-61(109)50(98)36(92)26-118-74)135-82(117)89-23-47(96)83(3,4)21-35(89)34-14-15-46-86(8)19-17-49(84(5,6)45(86)16-20-87(46,9)88(34,10)22-48(89)97)130-78-65(113)60(108)55(103)42(128-78)31-124-80-70(52(100)38(94)28-121-80)133-75-62(110)51(99)37(93)27-119-75/h11,13-14,35-71,73-81,90-115H,1,12,15-32H2,2-10H3/b33-13+/t35?,36-,37-,38+,39-,40?,41?,42-,43?,44-,45?,46?,47?,48?,49+,50+,51+,52+,53?,54?,55-,56?,57-,58?,59?,60+,61-,62-,63?,64?,65-,66?,67-,68+,69+,70-,71-,73?,74?,75+,76?,77+,78+,79?,80+,81+,85?,86+,87-,88-,89-/m0/s1. The van der Waals surface area contributed by atoms with Crippen molar-refractivity contribution in [2.24, 2.45) is 50.2 Å². The summed E-state index contributed by atoms with van der Waals surface area (Å²) in [6.45, 7) is 14.6. The molecule has 0 aromatic heterocycles. The van der Waals surface area contributed by atoms with Gasteiger partial charge in [-0.2, -0.15) is 0 Å². The van der Waals surface area contributed by atoms with Crippen molar-refractivity contribution in [3.05, 3.63) is 36.0 Å². The Kier molecular flexibility index (Phi) is 33.8. The Labute approximate surface area is 783 Å². The molecule has 4 saturated carbocycles. The van der Waals surface area contributed by atoms with E-state index >= 15 is 9.59 Å². The smallest absolute Gasteiger partial charge is 0.333 e. The quantitative estimate of drug-likeness (QED) is 0.0150. The van der Waals surface area contributed by atoms with Crippen LogP contribution in [0.5, 0.6) is 0 Å². The third-order valence-corrected chi connectivity index (χ3v) is 32.4. The fourth-order valence-electron chi connectivity index (χ4n) is 23.5. The maximum atomic E-state index is 16.7. The Hall–Kier alpha value is -3.56. The number of allylic oxidation sites excluding steroid dienone is 3. The lowest BCUT2D eigenvalue weighted by atomic mass is 9.33. The van der Waals surface area contributed by atoms with Crippen LogP contribution in [0.4, 0.5) is 0 Å². The molecule has 14 aliphatic rings. The van der Waals surface area contributed by atoms with Gasteiger partial charge < -0.3 is 223 Å². The highest BCUT2D eigenvalue weighted by atomic mass is 16.8. The third kappa shape index (κ3) is 20.4. The van der Waals surface area contributed by atoms with Crippen molar-refractivity contribution in [3.63, 3.8) is 0 Å². The first-order chi connectivity index (χ1) is 63.9. The Morgan fingerprint density at radius 1 is 0.449 bits per heavy atom. The normalized spacial score (nSPS) is 51.4. The van der Waals surface area contributed by atoms with Crippen LogP contribution >= 0.6 is 0 Å². The molecule has 0 bridgehead atoms. The van der Waals surface area contributed by atoms with Crippen molar-refractivity contribution in [2.75, 3.05) is 59.5 Å². The zero-order valence-corrected chi connectivity index (χ0v) is 77.1. The van der Waals surface area contributed by atoms with Crippen LogP contribution in [0.3, 0.4) is 0 Å². The molecule has 0 aromatic rings. The summed E-state index contributed by atoms with van der Waals surface area (Å²) >= 11 is 0. The molecule has 9 aliphatic heterocycles. The van der Waals surface area contributed by atoms with Crippen LogP contribution in [0, 0.1) is 50.2 Å². The molecule has 47 nitrogen and oxygen atoms in total. The van der Waals surface area contributed by atoms with E-state index < -0.39 is 386 Å². The van der Waals surface area contributed by atoms with Crippen molar-refractivity contribution < 1.29 is 232 Å². The summed E-state index contributed by atoms with van der Waals surface area (Å²) in [6.07, 6.45) is -70.2. The molecule has 47 heteroatoms. The van der Waals surface area contributed by atoms with Crippen molar-refractivity contribution in [2.45, 2.75) is 396 Å². The van der Waals surface area contributed by atoms with Crippen LogP contribution in [0.25, 0.3) is 0 Å². The molecule has 5 aliphatic carbocycles.